The molecule has 0 N–H and O–H groups in total. The highest BCUT2D eigenvalue weighted by atomic mass is 16.6. The van der Waals surface area contributed by atoms with Crippen molar-refractivity contribution in [2.75, 3.05) is 13.2 Å². The van der Waals surface area contributed by atoms with Crippen LogP contribution in [0, 0.1) is 0 Å². The van der Waals surface area contributed by atoms with Crippen LogP contribution in [0.15, 0.2) is 60.8 Å². The summed E-state index contributed by atoms with van der Waals surface area (Å²) in [6.07, 6.45) is 69.3. The summed E-state index contributed by atoms with van der Waals surface area (Å²) in [6, 6.07) is 0. The molecule has 0 bridgehead atoms. The lowest BCUT2D eigenvalue weighted by Gasteiger charge is -2.18. The van der Waals surface area contributed by atoms with E-state index in [-0.39, 0.29) is 31.1 Å². The standard InChI is InChI=1S/C61H108O6/c1-4-7-10-13-16-19-22-24-26-27-28-29-30-31-32-33-34-35-36-38-39-42-45-48-51-54-60(63)66-57-58(56-65-59(62)53-50-47-44-41-21-18-15-12-9-6-3)67-61(64)55-52-49-46-43-40-37-25-23-20-17-14-11-8-5-2/h14,17,22-25,27-28,30-31,58H,4-13,15-16,18-21,26,29,32-57H2,1-3H3/b17-14-,24-22-,25-23-,28-27-,31-30-. The van der Waals surface area contributed by atoms with E-state index in [9.17, 15) is 14.4 Å². The van der Waals surface area contributed by atoms with E-state index in [0.29, 0.717) is 19.3 Å². The molecule has 6 nitrogen and oxygen atoms in total. The molecule has 0 spiro atoms. The molecule has 0 rings (SSSR count). The molecular weight excluding hydrogens is 829 g/mol. The van der Waals surface area contributed by atoms with Gasteiger partial charge in [0.05, 0.1) is 0 Å². The molecule has 67 heavy (non-hydrogen) atoms. The van der Waals surface area contributed by atoms with Crippen LogP contribution in [0.5, 0.6) is 0 Å². The number of allylic oxidation sites excluding steroid dienone is 10. The molecular formula is C61H108O6. The highest BCUT2D eigenvalue weighted by Gasteiger charge is 2.19. The lowest BCUT2D eigenvalue weighted by atomic mass is 10.1. The van der Waals surface area contributed by atoms with Crippen LogP contribution >= 0.6 is 0 Å². The SMILES string of the molecule is CCCC/C=C\C/C=C\CCCCCCCC(=O)OC(COC(=O)CCCCCCCCCCCC)COC(=O)CCCCCCCCCCCC/C=C\C/C=C\C/C=C\CCCCCCC. The number of carbonyl (C=O) groups is 3. The van der Waals surface area contributed by atoms with Crippen LogP contribution in [0.4, 0.5) is 0 Å². The summed E-state index contributed by atoms with van der Waals surface area (Å²) in [6.45, 7) is 6.58. The smallest absolute Gasteiger partial charge is 0.306 e. The second-order valence-electron chi connectivity index (χ2n) is 19.2. The Balaban J connectivity index is 4.24. The van der Waals surface area contributed by atoms with Gasteiger partial charge in [-0.1, -0.05) is 248 Å². The summed E-state index contributed by atoms with van der Waals surface area (Å²) >= 11 is 0. The summed E-state index contributed by atoms with van der Waals surface area (Å²) in [5.74, 6) is -0.890. The van der Waals surface area contributed by atoms with Gasteiger partial charge in [0, 0.05) is 19.3 Å². The van der Waals surface area contributed by atoms with E-state index in [1.165, 1.54) is 154 Å². The summed E-state index contributed by atoms with van der Waals surface area (Å²) in [7, 11) is 0. The normalized spacial score (nSPS) is 12.5. The highest BCUT2D eigenvalue weighted by Crippen LogP contribution is 2.15. The first kappa shape index (κ1) is 64.1. The van der Waals surface area contributed by atoms with Crippen molar-refractivity contribution in [1.29, 1.82) is 0 Å². The first-order valence-corrected chi connectivity index (χ1v) is 28.8. The van der Waals surface area contributed by atoms with Crippen LogP contribution in [0.1, 0.15) is 290 Å². The molecule has 0 aromatic heterocycles. The molecule has 0 aliphatic rings. The second-order valence-corrected chi connectivity index (χ2v) is 19.2. The summed E-state index contributed by atoms with van der Waals surface area (Å²) in [5.41, 5.74) is 0. The fourth-order valence-corrected chi connectivity index (χ4v) is 8.11. The van der Waals surface area contributed by atoms with Crippen LogP contribution in [-0.2, 0) is 28.6 Å². The minimum Gasteiger partial charge on any atom is -0.462 e. The molecule has 0 aliphatic carbocycles. The Hall–Kier alpha value is -2.89. The molecule has 0 aliphatic heterocycles. The molecule has 6 heteroatoms. The molecule has 0 fully saturated rings. The van der Waals surface area contributed by atoms with Crippen molar-refractivity contribution >= 4 is 17.9 Å². The molecule has 0 saturated carbocycles. The lowest BCUT2D eigenvalue weighted by molar-refractivity contribution is -0.167. The Kier molecular flexibility index (Phi) is 53.3. The monoisotopic (exact) mass is 937 g/mol. The molecule has 0 aromatic rings. The van der Waals surface area contributed by atoms with E-state index in [2.05, 4.69) is 81.5 Å². The second kappa shape index (κ2) is 55.7. The van der Waals surface area contributed by atoms with E-state index >= 15 is 0 Å². The Morgan fingerprint density at radius 2 is 0.552 bits per heavy atom. The first-order chi connectivity index (χ1) is 33.0. The number of hydrogen-bond acceptors (Lipinski definition) is 6. The minimum atomic E-state index is -0.780. The van der Waals surface area contributed by atoms with Gasteiger partial charge < -0.3 is 14.2 Å². The van der Waals surface area contributed by atoms with E-state index in [0.717, 1.165) is 96.3 Å². The van der Waals surface area contributed by atoms with Crippen molar-refractivity contribution < 1.29 is 28.6 Å². The molecule has 0 heterocycles. The molecule has 388 valence electrons. The maximum atomic E-state index is 12.8. The van der Waals surface area contributed by atoms with Gasteiger partial charge in [-0.2, -0.15) is 0 Å². The van der Waals surface area contributed by atoms with E-state index in [1.807, 2.05) is 0 Å². The third-order valence-corrected chi connectivity index (χ3v) is 12.5. The number of carbonyl (C=O) groups excluding carboxylic acids is 3. The maximum absolute atomic E-state index is 12.8. The fourth-order valence-electron chi connectivity index (χ4n) is 8.11. The zero-order valence-corrected chi connectivity index (χ0v) is 44.4. The molecule has 0 radical (unpaired) electrons. The van der Waals surface area contributed by atoms with Gasteiger partial charge in [0.15, 0.2) is 6.10 Å². The first-order valence-electron chi connectivity index (χ1n) is 28.8. The number of esters is 3. The minimum absolute atomic E-state index is 0.0790. The molecule has 0 aromatic carbocycles. The van der Waals surface area contributed by atoms with Crippen LogP contribution in [-0.4, -0.2) is 37.2 Å². The summed E-state index contributed by atoms with van der Waals surface area (Å²) in [4.78, 5) is 38.0. The van der Waals surface area contributed by atoms with E-state index in [1.54, 1.807) is 0 Å². The zero-order valence-electron chi connectivity index (χ0n) is 44.4. The van der Waals surface area contributed by atoms with Crippen molar-refractivity contribution in [3.05, 3.63) is 60.8 Å². The predicted octanol–water partition coefficient (Wildman–Crippen LogP) is 19.2. The summed E-state index contributed by atoms with van der Waals surface area (Å²) in [5, 5.41) is 0. The Bertz CT molecular complexity index is 1210. The quantitative estimate of drug-likeness (QED) is 0.0262. The maximum Gasteiger partial charge on any atom is 0.306 e. The van der Waals surface area contributed by atoms with Gasteiger partial charge >= 0.3 is 17.9 Å². The lowest BCUT2D eigenvalue weighted by Crippen LogP contribution is -2.30. The average Bonchev–Trinajstić information content (AvgIpc) is 3.33. The third kappa shape index (κ3) is 53.9. The van der Waals surface area contributed by atoms with E-state index < -0.39 is 6.10 Å². The molecule has 0 saturated heterocycles. The molecule has 1 atom stereocenters. The van der Waals surface area contributed by atoms with Crippen LogP contribution in [0.25, 0.3) is 0 Å². The summed E-state index contributed by atoms with van der Waals surface area (Å²) < 4.78 is 16.8. The zero-order chi connectivity index (χ0) is 48.6. The van der Waals surface area contributed by atoms with E-state index in [4.69, 9.17) is 14.2 Å². The Labute approximate surface area is 415 Å². The average molecular weight is 938 g/mol. The fraction of sp³-hybridized carbons (Fsp3) is 0.787. The number of unbranched alkanes of at least 4 members (excludes halogenated alkanes) is 31. The largest absolute Gasteiger partial charge is 0.462 e. The number of rotatable bonds is 52. The Morgan fingerprint density at radius 3 is 0.881 bits per heavy atom. The van der Waals surface area contributed by atoms with Crippen molar-refractivity contribution in [3.8, 4) is 0 Å². The van der Waals surface area contributed by atoms with Gasteiger partial charge in [0.1, 0.15) is 13.2 Å². The van der Waals surface area contributed by atoms with Gasteiger partial charge in [-0.25, -0.2) is 0 Å². The van der Waals surface area contributed by atoms with Gasteiger partial charge in [-0.05, 0) is 83.5 Å². The van der Waals surface area contributed by atoms with Crippen LogP contribution in [0.3, 0.4) is 0 Å². The van der Waals surface area contributed by atoms with Gasteiger partial charge in [0.25, 0.3) is 0 Å². The third-order valence-electron chi connectivity index (χ3n) is 12.5. The van der Waals surface area contributed by atoms with Crippen molar-refractivity contribution in [2.24, 2.45) is 0 Å². The highest BCUT2D eigenvalue weighted by molar-refractivity contribution is 5.71. The topological polar surface area (TPSA) is 78.9 Å². The van der Waals surface area contributed by atoms with Crippen molar-refractivity contribution in [1.82, 2.24) is 0 Å². The van der Waals surface area contributed by atoms with Gasteiger partial charge in [0.2, 0.25) is 0 Å². The number of hydrogen-bond donors (Lipinski definition) is 0. The van der Waals surface area contributed by atoms with Crippen molar-refractivity contribution in [3.63, 3.8) is 0 Å². The number of ether oxygens (including phenoxy) is 3. The van der Waals surface area contributed by atoms with Crippen LogP contribution < -0.4 is 0 Å². The van der Waals surface area contributed by atoms with Crippen LogP contribution in [0.2, 0.25) is 0 Å². The molecule has 1 unspecified atom stereocenters. The Morgan fingerprint density at radius 1 is 0.299 bits per heavy atom. The van der Waals surface area contributed by atoms with Gasteiger partial charge in [-0.15, -0.1) is 0 Å². The van der Waals surface area contributed by atoms with Crippen molar-refractivity contribution in [2.45, 2.75) is 297 Å². The van der Waals surface area contributed by atoms with Gasteiger partial charge in [-0.3, -0.25) is 14.4 Å². The molecule has 0 amide bonds. The predicted molar refractivity (Wildman–Crippen MR) is 288 cm³/mol.